The molecule has 2 N–H and O–H groups in total. The van der Waals surface area contributed by atoms with E-state index in [-0.39, 0.29) is 11.2 Å². The summed E-state index contributed by atoms with van der Waals surface area (Å²) < 4.78 is 0. The molecule has 0 aromatic carbocycles. The molecule has 0 unspecified atom stereocenters. The first-order valence-corrected chi connectivity index (χ1v) is 7.75. The first-order valence-electron chi connectivity index (χ1n) is 6.76. The second kappa shape index (κ2) is 7.42. The fourth-order valence-electron chi connectivity index (χ4n) is 1.24. The second-order valence-corrected chi connectivity index (χ2v) is 6.23. The van der Waals surface area contributed by atoms with Crippen LogP contribution in [0.25, 0.3) is 0 Å². The maximum Gasteiger partial charge on any atom is 0.228 e. The molecule has 0 saturated carbocycles. The van der Waals surface area contributed by atoms with Crippen LogP contribution in [0.5, 0.6) is 0 Å². The van der Waals surface area contributed by atoms with Crippen molar-refractivity contribution in [2.75, 3.05) is 29.5 Å². The van der Waals surface area contributed by atoms with Crippen LogP contribution in [-0.4, -0.2) is 39.6 Å². The number of Topliss-reactive ketones (excluding diaryl/α,β-unsaturated/α-hetero) is 1. The standard InChI is InChI=1S/C13H23N5OS/c1-6-14-10-16-11(15-7-2)18-12(17-10)20-8-9(19)13(3,4)5/h6-8H2,1-5H3,(H2,14,15,16,17,18). The van der Waals surface area contributed by atoms with Crippen molar-refractivity contribution in [2.45, 2.75) is 39.8 Å². The zero-order valence-electron chi connectivity index (χ0n) is 12.8. The molecule has 7 heteroatoms. The van der Waals surface area contributed by atoms with Crippen molar-refractivity contribution in [3.63, 3.8) is 0 Å². The molecule has 0 aliphatic heterocycles. The van der Waals surface area contributed by atoms with Crippen LogP contribution in [-0.2, 0) is 4.79 Å². The van der Waals surface area contributed by atoms with E-state index >= 15 is 0 Å². The fraction of sp³-hybridized carbons (Fsp3) is 0.692. The van der Waals surface area contributed by atoms with Gasteiger partial charge in [0.05, 0.1) is 5.75 Å². The van der Waals surface area contributed by atoms with Gasteiger partial charge in [0.2, 0.25) is 11.9 Å². The van der Waals surface area contributed by atoms with Gasteiger partial charge < -0.3 is 10.6 Å². The van der Waals surface area contributed by atoms with Gasteiger partial charge in [0.1, 0.15) is 5.78 Å². The van der Waals surface area contributed by atoms with Crippen LogP contribution in [0.4, 0.5) is 11.9 Å². The van der Waals surface area contributed by atoms with Gasteiger partial charge in [-0.05, 0) is 13.8 Å². The predicted molar refractivity (Wildman–Crippen MR) is 83.3 cm³/mol. The third-order valence-electron chi connectivity index (χ3n) is 2.45. The number of ketones is 1. The summed E-state index contributed by atoms with van der Waals surface area (Å²) in [5, 5.41) is 6.69. The largest absolute Gasteiger partial charge is 0.354 e. The minimum absolute atomic E-state index is 0.179. The van der Waals surface area contributed by atoms with E-state index in [1.807, 2.05) is 34.6 Å². The van der Waals surface area contributed by atoms with Gasteiger partial charge >= 0.3 is 0 Å². The number of thioether (sulfide) groups is 1. The molecule has 20 heavy (non-hydrogen) atoms. The molecular formula is C13H23N5OS. The number of hydrogen-bond donors (Lipinski definition) is 2. The summed E-state index contributed by atoms with van der Waals surface area (Å²) in [4.78, 5) is 24.8. The molecule has 0 amide bonds. The number of anilines is 2. The Labute approximate surface area is 124 Å². The van der Waals surface area contributed by atoms with Crippen molar-refractivity contribution in [2.24, 2.45) is 5.41 Å². The van der Waals surface area contributed by atoms with E-state index < -0.39 is 0 Å². The zero-order chi connectivity index (χ0) is 15.2. The Bertz CT molecular complexity index is 434. The van der Waals surface area contributed by atoms with E-state index in [0.717, 1.165) is 13.1 Å². The Morgan fingerprint density at radius 2 is 1.55 bits per heavy atom. The molecule has 0 aliphatic carbocycles. The van der Waals surface area contributed by atoms with E-state index in [1.54, 1.807) is 0 Å². The van der Waals surface area contributed by atoms with Gasteiger partial charge in [0, 0.05) is 18.5 Å². The van der Waals surface area contributed by atoms with Crippen molar-refractivity contribution in [3.05, 3.63) is 0 Å². The molecule has 0 aliphatic rings. The molecule has 0 radical (unpaired) electrons. The number of nitrogens with zero attached hydrogens (tertiary/aromatic N) is 3. The summed E-state index contributed by atoms with van der Waals surface area (Å²) in [5.74, 6) is 1.61. The highest BCUT2D eigenvalue weighted by molar-refractivity contribution is 7.99. The molecule has 1 heterocycles. The van der Waals surface area contributed by atoms with Gasteiger partial charge in [0.15, 0.2) is 5.16 Å². The monoisotopic (exact) mass is 297 g/mol. The SMILES string of the molecule is CCNc1nc(NCC)nc(SCC(=O)C(C)(C)C)n1. The average molecular weight is 297 g/mol. The third kappa shape index (κ3) is 5.32. The van der Waals surface area contributed by atoms with E-state index in [0.29, 0.717) is 22.8 Å². The van der Waals surface area contributed by atoms with Crippen LogP contribution >= 0.6 is 11.8 Å². The fourth-order valence-corrected chi connectivity index (χ4v) is 2.24. The van der Waals surface area contributed by atoms with Gasteiger partial charge in [0.25, 0.3) is 0 Å². The molecule has 6 nitrogen and oxygen atoms in total. The summed E-state index contributed by atoms with van der Waals surface area (Å²) in [6.45, 7) is 11.2. The lowest BCUT2D eigenvalue weighted by Crippen LogP contribution is -2.22. The normalized spacial score (nSPS) is 11.2. The van der Waals surface area contributed by atoms with Crippen LogP contribution in [0.15, 0.2) is 5.16 Å². The molecule has 0 saturated heterocycles. The average Bonchev–Trinajstić information content (AvgIpc) is 2.35. The van der Waals surface area contributed by atoms with Crippen molar-refractivity contribution >= 4 is 29.4 Å². The van der Waals surface area contributed by atoms with Gasteiger partial charge in [-0.15, -0.1) is 0 Å². The highest BCUT2D eigenvalue weighted by Gasteiger charge is 2.21. The van der Waals surface area contributed by atoms with Crippen LogP contribution in [0.3, 0.4) is 0 Å². The number of rotatable bonds is 7. The summed E-state index contributed by atoms with van der Waals surface area (Å²) in [5.41, 5.74) is -0.338. The molecule has 0 spiro atoms. The smallest absolute Gasteiger partial charge is 0.228 e. The number of aromatic nitrogens is 3. The van der Waals surface area contributed by atoms with E-state index in [9.17, 15) is 4.79 Å². The highest BCUT2D eigenvalue weighted by Crippen LogP contribution is 2.22. The molecule has 0 atom stereocenters. The van der Waals surface area contributed by atoms with Crippen LogP contribution in [0.2, 0.25) is 0 Å². The zero-order valence-corrected chi connectivity index (χ0v) is 13.6. The maximum absolute atomic E-state index is 11.9. The van der Waals surface area contributed by atoms with Crippen molar-refractivity contribution in [1.82, 2.24) is 15.0 Å². The lowest BCUT2D eigenvalue weighted by atomic mass is 9.92. The van der Waals surface area contributed by atoms with Crippen LogP contribution in [0, 0.1) is 5.41 Å². The Morgan fingerprint density at radius 1 is 1.05 bits per heavy atom. The molecular weight excluding hydrogens is 274 g/mol. The molecule has 0 fully saturated rings. The van der Waals surface area contributed by atoms with Crippen molar-refractivity contribution in [1.29, 1.82) is 0 Å². The Morgan fingerprint density at radius 3 is 1.95 bits per heavy atom. The first kappa shape index (κ1) is 16.7. The topological polar surface area (TPSA) is 79.8 Å². The molecule has 0 bridgehead atoms. The van der Waals surface area contributed by atoms with Crippen molar-refractivity contribution < 1.29 is 4.79 Å². The quantitative estimate of drug-likeness (QED) is 0.748. The van der Waals surface area contributed by atoms with Crippen LogP contribution < -0.4 is 10.6 Å². The van der Waals surface area contributed by atoms with Crippen molar-refractivity contribution in [3.8, 4) is 0 Å². The predicted octanol–water partition coefficient (Wildman–Crippen LogP) is 2.44. The van der Waals surface area contributed by atoms with Gasteiger partial charge in [-0.3, -0.25) is 4.79 Å². The molecule has 1 rings (SSSR count). The summed E-state index contributed by atoms with van der Waals surface area (Å²) in [7, 11) is 0. The molecule has 112 valence electrons. The summed E-state index contributed by atoms with van der Waals surface area (Å²) in [6.07, 6.45) is 0. The Hall–Kier alpha value is -1.37. The number of nitrogens with one attached hydrogen (secondary N) is 2. The van der Waals surface area contributed by atoms with Gasteiger partial charge in [-0.1, -0.05) is 32.5 Å². The lowest BCUT2D eigenvalue weighted by Gasteiger charge is -2.15. The summed E-state index contributed by atoms with van der Waals surface area (Å²) in [6, 6.07) is 0. The number of carbonyl (C=O) groups excluding carboxylic acids is 1. The van der Waals surface area contributed by atoms with Gasteiger partial charge in [-0.25, -0.2) is 0 Å². The highest BCUT2D eigenvalue weighted by atomic mass is 32.2. The number of carbonyl (C=O) groups is 1. The van der Waals surface area contributed by atoms with E-state index in [1.165, 1.54) is 11.8 Å². The van der Waals surface area contributed by atoms with E-state index in [4.69, 9.17) is 0 Å². The van der Waals surface area contributed by atoms with E-state index in [2.05, 4.69) is 25.6 Å². The molecule has 1 aromatic heterocycles. The van der Waals surface area contributed by atoms with Gasteiger partial charge in [-0.2, -0.15) is 15.0 Å². The third-order valence-corrected chi connectivity index (χ3v) is 3.30. The number of hydrogen-bond acceptors (Lipinski definition) is 7. The molecule has 1 aromatic rings. The minimum Gasteiger partial charge on any atom is -0.354 e. The Balaban J connectivity index is 2.80. The lowest BCUT2D eigenvalue weighted by molar-refractivity contribution is -0.123. The summed E-state index contributed by atoms with van der Waals surface area (Å²) >= 11 is 1.34. The Kier molecular flexibility index (Phi) is 6.19. The second-order valence-electron chi connectivity index (χ2n) is 5.29. The minimum atomic E-state index is -0.338. The first-order chi connectivity index (χ1) is 9.36. The van der Waals surface area contributed by atoms with Crippen LogP contribution in [0.1, 0.15) is 34.6 Å². The maximum atomic E-state index is 11.9.